The Bertz CT molecular complexity index is 515. The fourth-order valence-corrected chi connectivity index (χ4v) is 2.02. The molecule has 0 bridgehead atoms. The normalized spacial score (nSPS) is 10.5. The molecule has 0 aliphatic rings. The maximum Gasteiger partial charge on any atom is 0.345 e. The molecule has 0 fully saturated rings. The first kappa shape index (κ1) is 9.85. The number of nitrogens with zero attached hydrogens (tertiary/aromatic N) is 3. The van der Waals surface area contributed by atoms with Gasteiger partial charge in [-0.05, 0) is 19.9 Å². The number of thiophene rings is 1. The van der Waals surface area contributed by atoms with Gasteiger partial charge in [0.05, 0.1) is 5.69 Å². The van der Waals surface area contributed by atoms with Crippen LogP contribution >= 0.6 is 11.3 Å². The predicted octanol–water partition coefficient (Wildman–Crippen LogP) is 1.64. The molecule has 6 heteroatoms. The highest BCUT2D eigenvalue weighted by molar-refractivity contribution is 7.12. The standard InChI is InChI=1S/C9H9N3O2S/c1-5-10-6(2)12(11-5)7-3-8(9(13)14)15-4-7/h3-4H,1-2H3,(H,13,14). The summed E-state index contributed by atoms with van der Waals surface area (Å²) in [5.41, 5.74) is 0.746. The highest BCUT2D eigenvalue weighted by Gasteiger charge is 2.10. The maximum absolute atomic E-state index is 10.7. The van der Waals surface area contributed by atoms with Gasteiger partial charge >= 0.3 is 5.97 Å². The summed E-state index contributed by atoms with van der Waals surface area (Å²) >= 11 is 1.18. The summed E-state index contributed by atoms with van der Waals surface area (Å²) < 4.78 is 1.64. The average molecular weight is 223 g/mol. The van der Waals surface area contributed by atoms with Crippen LogP contribution in [0, 0.1) is 13.8 Å². The summed E-state index contributed by atoms with van der Waals surface area (Å²) in [6.07, 6.45) is 0. The highest BCUT2D eigenvalue weighted by Crippen LogP contribution is 2.18. The highest BCUT2D eigenvalue weighted by atomic mass is 32.1. The largest absolute Gasteiger partial charge is 0.477 e. The Kier molecular flexibility index (Phi) is 2.28. The van der Waals surface area contributed by atoms with Gasteiger partial charge in [0, 0.05) is 5.38 Å². The molecule has 5 nitrogen and oxygen atoms in total. The first-order chi connectivity index (χ1) is 7.08. The molecule has 0 atom stereocenters. The molecular weight excluding hydrogens is 214 g/mol. The van der Waals surface area contributed by atoms with E-state index in [0.29, 0.717) is 10.7 Å². The van der Waals surface area contributed by atoms with Gasteiger partial charge in [0.15, 0.2) is 0 Å². The Morgan fingerprint density at radius 2 is 2.27 bits per heavy atom. The molecule has 2 rings (SSSR count). The van der Waals surface area contributed by atoms with Crippen LogP contribution in [0.1, 0.15) is 21.3 Å². The number of aromatic carboxylic acids is 1. The van der Waals surface area contributed by atoms with Crippen molar-refractivity contribution in [3.63, 3.8) is 0 Å². The van der Waals surface area contributed by atoms with Gasteiger partial charge in [-0.1, -0.05) is 0 Å². The lowest BCUT2D eigenvalue weighted by atomic mass is 10.4. The van der Waals surface area contributed by atoms with Gasteiger partial charge in [-0.2, -0.15) is 5.10 Å². The summed E-state index contributed by atoms with van der Waals surface area (Å²) in [6, 6.07) is 1.59. The van der Waals surface area contributed by atoms with Crippen LogP contribution in [0.4, 0.5) is 0 Å². The van der Waals surface area contributed by atoms with E-state index in [1.54, 1.807) is 23.1 Å². The van der Waals surface area contributed by atoms with Gasteiger partial charge in [0.2, 0.25) is 0 Å². The lowest BCUT2D eigenvalue weighted by Crippen LogP contribution is -1.98. The van der Waals surface area contributed by atoms with E-state index in [4.69, 9.17) is 5.11 Å². The molecule has 2 aromatic heterocycles. The molecule has 0 aliphatic carbocycles. The third-order valence-electron chi connectivity index (χ3n) is 1.92. The molecule has 0 aliphatic heterocycles. The Labute approximate surface area is 90.0 Å². The fraction of sp³-hybridized carbons (Fsp3) is 0.222. The zero-order chi connectivity index (χ0) is 11.0. The molecule has 1 N–H and O–H groups in total. The molecule has 0 saturated carbocycles. The molecule has 78 valence electrons. The summed E-state index contributed by atoms with van der Waals surface area (Å²) in [7, 11) is 0. The Balaban J connectivity index is 2.45. The molecule has 2 heterocycles. The Morgan fingerprint density at radius 1 is 1.53 bits per heavy atom. The van der Waals surface area contributed by atoms with Gasteiger partial charge in [-0.3, -0.25) is 0 Å². The van der Waals surface area contributed by atoms with Gasteiger partial charge in [-0.25, -0.2) is 14.5 Å². The van der Waals surface area contributed by atoms with E-state index in [-0.39, 0.29) is 0 Å². The van der Waals surface area contributed by atoms with Crippen LogP contribution in [-0.2, 0) is 0 Å². The summed E-state index contributed by atoms with van der Waals surface area (Å²) in [4.78, 5) is 15.2. The van der Waals surface area contributed by atoms with Gasteiger partial charge in [-0.15, -0.1) is 11.3 Å². The van der Waals surface area contributed by atoms with Crippen molar-refractivity contribution in [2.45, 2.75) is 13.8 Å². The first-order valence-corrected chi connectivity index (χ1v) is 5.18. The Morgan fingerprint density at radius 3 is 2.73 bits per heavy atom. The minimum atomic E-state index is -0.916. The quantitative estimate of drug-likeness (QED) is 0.840. The van der Waals surface area contributed by atoms with Crippen LogP contribution < -0.4 is 0 Å². The summed E-state index contributed by atoms with van der Waals surface area (Å²) in [6.45, 7) is 3.63. The number of carbonyl (C=O) groups is 1. The fourth-order valence-electron chi connectivity index (χ4n) is 1.31. The van der Waals surface area contributed by atoms with Gasteiger partial charge in [0.25, 0.3) is 0 Å². The van der Waals surface area contributed by atoms with Crippen molar-refractivity contribution in [2.24, 2.45) is 0 Å². The van der Waals surface area contributed by atoms with Crippen LogP contribution in [-0.4, -0.2) is 25.8 Å². The number of rotatable bonds is 2. The van der Waals surface area contributed by atoms with E-state index >= 15 is 0 Å². The molecule has 0 saturated heterocycles. The second-order valence-corrected chi connectivity index (χ2v) is 4.00. The third kappa shape index (κ3) is 1.75. The van der Waals surface area contributed by atoms with Crippen molar-refractivity contribution in [1.29, 1.82) is 0 Å². The van der Waals surface area contributed by atoms with Crippen LogP contribution in [0.2, 0.25) is 0 Å². The number of aryl methyl sites for hydroxylation is 2. The van der Waals surface area contributed by atoms with E-state index in [2.05, 4.69) is 10.1 Å². The number of carboxylic acids is 1. The van der Waals surface area contributed by atoms with Crippen molar-refractivity contribution in [3.8, 4) is 5.69 Å². The van der Waals surface area contributed by atoms with Crippen LogP contribution in [0.15, 0.2) is 11.4 Å². The molecule has 0 unspecified atom stereocenters. The maximum atomic E-state index is 10.7. The van der Waals surface area contributed by atoms with Crippen molar-refractivity contribution in [1.82, 2.24) is 14.8 Å². The second kappa shape index (κ2) is 3.47. The van der Waals surface area contributed by atoms with Crippen molar-refractivity contribution < 1.29 is 9.90 Å². The smallest absolute Gasteiger partial charge is 0.345 e. The minimum Gasteiger partial charge on any atom is -0.477 e. The van der Waals surface area contributed by atoms with E-state index < -0.39 is 5.97 Å². The van der Waals surface area contributed by atoms with E-state index in [1.807, 2.05) is 6.92 Å². The monoisotopic (exact) mass is 223 g/mol. The molecule has 0 aromatic carbocycles. The van der Waals surface area contributed by atoms with Gasteiger partial charge < -0.3 is 5.11 Å². The van der Waals surface area contributed by atoms with Crippen LogP contribution in [0.3, 0.4) is 0 Å². The number of carboxylic acid groups (broad SMARTS) is 1. The molecule has 2 aromatic rings. The SMILES string of the molecule is Cc1nc(C)n(-c2csc(C(=O)O)c2)n1. The lowest BCUT2D eigenvalue weighted by Gasteiger charge is -1.96. The third-order valence-corrected chi connectivity index (χ3v) is 2.82. The minimum absolute atomic E-state index is 0.303. The predicted molar refractivity (Wildman–Crippen MR) is 55.7 cm³/mol. The zero-order valence-electron chi connectivity index (χ0n) is 8.26. The van der Waals surface area contributed by atoms with Crippen molar-refractivity contribution in [2.75, 3.05) is 0 Å². The lowest BCUT2D eigenvalue weighted by molar-refractivity contribution is 0.0702. The van der Waals surface area contributed by atoms with Crippen LogP contribution in [0.5, 0.6) is 0 Å². The summed E-state index contributed by atoms with van der Waals surface area (Å²) in [5.74, 6) is 0.513. The van der Waals surface area contributed by atoms with E-state index in [0.717, 1.165) is 11.5 Å². The van der Waals surface area contributed by atoms with Crippen molar-refractivity contribution >= 4 is 17.3 Å². The zero-order valence-corrected chi connectivity index (χ0v) is 9.08. The Hall–Kier alpha value is -1.69. The van der Waals surface area contributed by atoms with Crippen molar-refractivity contribution in [3.05, 3.63) is 28.0 Å². The molecule has 0 spiro atoms. The average Bonchev–Trinajstić information content (AvgIpc) is 2.71. The van der Waals surface area contributed by atoms with Gasteiger partial charge in [0.1, 0.15) is 16.5 Å². The molecular formula is C9H9N3O2S. The topological polar surface area (TPSA) is 68.0 Å². The molecule has 0 amide bonds. The number of aromatic nitrogens is 3. The number of hydrogen-bond donors (Lipinski definition) is 1. The molecule has 0 radical (unpaired) electrons. The van der Waals surface area contributed by atoms with Crippen LogP contribution in [0.25, 0.3) is 5.69 Å². The second-order valence-electron chi connectivity index (χ2n) is 3.09. The number of hydrogen-bond acceptors (Lipinski definition) is 4. The first-order valence-electron chi connectivity index (χ1n) is 4.30. The van der Waals surface area contributed by atoms with E-state index in [1.165, 1.54) is 11.3 Å². The molecule has 15 heavy (non-hydrogen) atoms. The van der Waals surface area contributed by atoms with E-state index in [9.17, 15) is 4.79 Å². The summed E-state index contributed by atoms with van der Waals surface area (Å²) in [5, 5.41) is 14.7.